The quantitative estimate of drug-likeness (QED) is 0.642. The van der Waals surface area contributed by atoms with Crippen LogP contribution in [0.2, 0.25) is 0 Å². The van der Waals surface area contributed by atoms with Gasteiger partial charge in [-0.25, -0.2) is 0 Å². The predicted molar refractivity (Wildman–Crippen MR) is 75.6 cm³/mol. The normalized spacial score (nSPS) is 13.5. The molecule has 0 bridgehead atoms. The van der Waals surface area contributed by atoms with E-state index in [4.69, 9.17) is 10.8 Å². The Hall–Kier alpha value is -2.57. The smallest absolute Gasteiger partial charge is 0.323 e. The number of anilines is 1. The molecule has 1 aliphatic rings. The maximum atomic E-state index is 12.0. The molecule has 1 aromatic rings. The molecule has 7 heteroatoms. The molecule has 0 aromatic heterocycles. The minimum atomic E-state index is -1.06. The highest BCUT2D eigenvalue weighted by Crippen LogP contribution is 2.26. The summed E-state index contributed by atoms with van der Waals surface area (Å²) in [6.45, 7) is -0.547. The first-order valence-corrected chi connectivity index (χ1v) is 6.62. The van der Waals surface area contributed by atoms with Gasteiger partial charge in [0.1, 0.15) is 6.54 Å². The van der Waals surface area contributed by atoms with E-state index in [-0.39, 0.29) is 25.0 Å². The molecular formula is C14H17N3O4. The van der Waals surface area contributed by atoms with E-state index in [2.05, 4.69) is 5.32 Å². The van der Waals surface area contributed by atoms with Gasteiger partial charge in [-0.3, -0.25) is 14.4 Å². The molecule has 112 valence electrons. The largest absolute Gasteiger partial charge is 0.480 e. The monoisotopic (exact) mass is 291 g/mol. The number of amides is 2. The number of hydrogen-bond acceptors (Lipinski definition) is 4. The van der Waals surface area contributed by atoms with E-state index in [1.165, 1.54) is 4.90 Å². The molecule has 1 fully saturated rings. The average molecular weight is 291 g/mol. The second-order valence-corrected chi connectivity index (χ2v) is 4.95. The topological polar surface area (TPSA) is 113 Å². The van der Waals surface area contributed by atoms with Gasteiger partial charge in [0.25, 0.3) is 5.91 Å². The number of nitrogens with zero attached hydrogens (tertiary/aromatic N) is 1. The van der Waals surface area contributed by atoms with Crippen molar-refractivity contribution in [3.8, 4) is 0 Å². The summed E-state index contributed by atoms with van der Waals surface area (Å²) in [6.07, 6.45) is 1.62. The lowest BCUT2D eigenvalue weighted by Crippen LogP contribution is -2.43. The second-order valence-electron chi connectivity index (χ2n) is 4.95. The third-order valence-corrected chi connectivity index (χ3v) is 3.19. The van der Waals surface area contributed by atoms with Crippen molar-refractivity contribution < 1.29 is 19.5 Å². The van der Waals surface area contributed by atoms with Crippen LogP contribution in [0.25, 0.3) is 0 Å². The number of rotatable bonds is 6. The predicted octanol–water partition coefficient (Wildman–Crippen LogP) is 0.0742. The van der Waals surface area contributed by atoms with Crippen molar-refractivity contribution in [2.45, 2.75) is 18.9 Å². The number of carbonyl (C=O) groups is 3. The molecule has 1 aliphatic carbocycles. The molecule has 1 aromatic carbocycles. The summed E-state index contributed by atoms with van der Waals surface area (Å²) < 4.78 is 0. The highest BCUT2D eigenvalue weighted by atomic mass is 16.4. The van der Waals surface area contributed by atoms with Gasteiger partial charge in [-0.1, -0.05) is 0 Å². The van der Waals surface area contributed by atoms with Gasteiger partial charge in [-0.05, 0) is 37.1 Å². The number of nitrogens with two attached hydrogens (primary N) is 1. The molecule has 1 saturated carbocycles. The molecule has 0 aliphatic heterocycles. The van der Waals surface area contributed by atoms with Gasteiger partial charge in [-0.15, -0.1) is 0 Å². The summed E-state index contributed by atoms with van der Waals surface area (Å²) in [5.41, 5.74) is 6.47. The minimum Gasteiger partial charge on any atom is -0.480 e. The van der Waals surface area contributed by atoms with Crippen LogP contribution in [-0.4, -0.2) is 46.9 Å². The van der Waals surface area contributed by atoms with Crippen LogP contribution in [0.5, 0.6) is 0 Å². The third-order valence-electron chi connectivity index (χ3n) is 3.19. The molecule has 21 heavy (non-hydrogen) atoms. The number of nitrogen functional groups attached to an aromatic ring is 1. The summed E-state index contributed by atoms with van der Waals surface area (Å²) in [5.74, 6) is -1.83. The Morgan fingerprint density at radius 3 is 2.38 bits per heavy atom. The van der Waals surface area contributed by atoms with E-state index in [1.807, 2.05) is 0 Å². The second kappa shape index (κ2) is 6.25. The number of hydrogen-bond donors (Lipinski definition) is 3. The lowest BCUT2D eigenvalue weighted by Gasteiger charge is -2.20. The van der Waals surface area contributed by atoms with Crippen molar-refractivity contribution >= 4 is 23.5 Å². The third kappa shape index (κ3) is 4.20. The van der Waals surface area contributed by atoms with Crippen LogP contribution in [0.4, 0.5) is 5.69 Å². The molecule has 0 saturated heterocycles. The maximum Gasteiger partial charge on any atom is 0.323 e. The lowest BCUT2D eigenvalue weighted by atomic mass is 10.2. The molecular weight excluding hydrogens is 274 g/mol. The van der Waals surface area contributed by atoms with Crippen LogP contribution in [0.3, 0.4) is 0 Å². The molecule has 0 heterocycles. The molecule has 0 radical (unpaired) electrons. The number of nitrogens with one attached hydrogen (secondary N) is 1. The van der Waals surface area contributed by atoms with Crippen LogP contribution in [0.15, 0.2) is 24.3 Å². The summed E-state index contributed by atoms with van der Waals surface area (Å²) in [5, 5.41) is 11.3. The van der Waals surface area contributed by atoms with Crippen LogP contribution < -0.4 is 11.1 Å². The van der Waals surface area contributed by atoms with Crippen LogP contribution in [0, 0.1) is 0 Å². The molecule has 0 atom stereocenters. The van der Waals surface area contributed by atoms with E-state index in [0.717, 1.165) is 12.8 Å². The summed E-state index contributed by atoms with van der Waals surface area (Å²) in [4.78, 5) is 35.9. The van der Waals surface area contributed by atoms with Gasteiger partial charge < -0.3 is 21.1 Å². The van der Waals surface area contributed by atoms with E-state index in [1.54, 1.807) is 24.3 Å². The van der Waals surface area contributed by atoms with Gasteiger partial charge in [0.2, 0.25) is 5.91 Å². The first kappa shape index (κ1) is 14.8. The van der Waals surface area contributed by atoms with Crippen molar-refractivity contribution in [1.82, 2.24) is 10.2 Å². The first-order valence-electron chi connectivity index (χ1n) is 6.62. The zero-order chi connectivity index (χ0) is 15.4. The Morgan fingerprint density at radius 2 is 1.86 bits per heavy atom. The standard InChI is InChI=1S/C14H17N3O4/c15-10-3-1-9(2-4-10)14(21)16-7-12(18)17(8-13(19)20)11-5-6-11/h1-4,11H,5-8,15H2,(H,16,21)(H,19,20). The maximum absolute atomic E-state index is 12.0. The van der Waals surface area contributed by atoms with Crippen LogP contribution >= 0.6 is 0 Å². The fourth-order valence-corrected chi connectivity index (χ4v) is 1.95. The fourth-order valence-electron chi connectivity index (χ4n) is 1.95. The molecule has 7 nitrogen and oxygen atoms in total. The Morgan fingerprint density at radius 1 is 1.24 bits per heavy atom. The Balaban J connectivity index is 1.88. The van der Waals surface area contributed by atoms with Crippen molar-refractivity contribution in [1.29, 1.82) is 0 Å². The summed E-state index contributed by atoms with van der Waals surface area (Å²) in [6, 6.07) is 6.30. The SMILES string of the molecule is Nc1ccc(C(=O)NCC(=O)N(CC(=O)O)C2CC2)cc1. The number of benzene rings is 1. The van der Waals surface area contributed by atoms with Crippen molar-refractivity contribution in [2.24, 2.45) is 0 Å². The van der Waals surface area contributed by atoms with Crippen molar-refractivity contribution in [2.75, 3.05) is 18.8 Å². The first-order chi connectivity index (χ1) is 9.97. The Bertz CT molecular complexity index is 552. The average Bonchev–Trinajstić information content (AvgIpc) is 3.27. The Labute approximate surface area is 121 Å². The van der Waals surface area contributed by atoms with Crippen LogP contribution in [-0.2, 0) is 9.59 Å². The summed E-state index contributed by atoms with van der Waals surface area (Å²) >= 11 is 0. The zero-order valence-electron chi connectivity index (χ0n) is 11.4. The highest BCUT2D eigenvalue weighted by molar-refractivity contribution is 5.97. The van der Waals surface area contributed by atoms with Crippen molar-refractivity contribution in [3.63, 3.8) is 0 Å². The van der Waals surface area contributed by atoms with Crippen molar-refractivity contribution in [3.05, 3.63) is 29.8 Å². The van der Waals surface area contributed by atoms with E-state index in [9.17, 15) is 14.4 Å². The van der Waals surface area contributed by atoms with Crippen LogP contribution in [0.1, 0.15) is 23.2 Å². The van der Waals surface area contributed by atoms with E-state index >= 15 is 0 Å². The number of carboxylic acids is 1. The van der Waals surface area contributed by atoms with Gasteiger partial charge in [0.05, 0.1) is 6.54 Å². The number of carboxylic acid groups (broad SMARTS) is 1. The molecule has 0 unspecified atom stereocenters. The number of carbonyl (C=O) groups excluding carboxylic acids is 2. The molecule has 0 spiro atoms. The summed E-state index contributed by atoms with van der Waals surface area (Å²) in [7, 11) is 0. The number of aliphatic carboxylic acids is 1. The highest BCUT2D eigenvalue weighted by Gasteiger charge is 2.33. The van der Waals surface area contributed by atoms with Gasteiger partial charge in [-0.2, -0.15) is 0 Å². The lowest BCUT2D eigenvalue weighted by molar-refractivity contribution is -0.144. The minimum absolute atomic E-state index is 0.0120. The molecule has 2 rings (SSSR count). The van der Waals surface area contributed by atoms with E-state index in [0.29, 0.717) is 11.3 Å². The zero-order valence-corrected chi connectivity index (χ0v) is 11.4. The molecule has 4 N–H and O–H groups in total. The van der Waals surface area contributed by atoms with E-state index < -0.39 is 11.9 Å². The van der Waals surface area contributed by atoms with Gasteiger partial charge >= 0.3 is 5.97 Å². The van der Waals surface area contributed by atoms with Gasteiger partial charge in [0.15, 0.2) is 0 Å². The molecule has 2 amide bonds. The Kier molecular flexibility index (Phi) is 4.42. The fraction of sp³-hybridized carbons (Fsp3) is 0.357. The van der Waals surface area contributed by atoms with Gasteiger partial charge in [0, 0.05) is 17.3 Å².